The molecule has 4 nitrogen and oxygen atoms in total. The van der Waals surface area contributed by atoms with Crippen molar-refractivity contribution in [3.63, 3.8) is 0 Å². The van der Waals surface area contributed by atoms with Crippen LogP contribution in [0.3, 0.4) is 0 Å². The van der Waals surface area contributed by atoms with E-state index in [9.17, 15) is 8.42 Å². The van der Waals surface area contributed by atoms with Gasteiger partial charge in [-0.3, -0.25) is 0 Å². The van der Waals surface area contributed by atoms with Gasteiger partial charge in [-0.05, 0) is 36.6 Å². The molecule has 1 aromatic rings. The molecule has 0 heterocycles. The van der Waals surface area contributed by atoms with E-state index in [1.807, 2.05) is 20.8 Å². The number of rotatable bonds is 5. The number of nitrogens with zero attached hydrogens (tertiary/aromatic N) is 1. The van der Waals surface area contributed by atoms with Crippen molar-refractivity contribution in [1.82, 2.24) is 4.31 Å². The Bertz CT molecular complexity index is 556. The summed E-state index contributed by atoms with van der Waals surface area (Å²) in [7, 11) is -1.97. The van der Waals surface area contributed by atoms with Crippen LogP contribution in [0.5, 0.6) is 0 Å². The second kappa shape index (κ2) is 5.79. The molecule has 108 valence electrons. The molecule has 0 aliphatic heterocycles. The fraction of sp³-hybridized carbons (Fsp3) is 0.538. The predicted octanol–water partition coefficient (Wildman–Crippen LogP) is 2.25. The molecular formula is C13H21ClN2O2S. The Hall–Kier alpha value is -0.620. The lowest BCUT2D eigenvalue weighted by atomic mass is 9.94. The quantitative estimate of drug-likeness (QED) is 0.907. The first-order valence-electron chi connectivity index (χ1n) is 6.03. The molecule has 19 heavy (non-hydrogen) atoms. The molecule has 1 aromatic carbocycles. The summed E-state index contributed by atoms with van der Waals surface area (Å²) in [5.41, 5.74) is 6.22. The van der Waals surface area contributed by atoms with Crippen LogP contribution >= 0.6 is 11.6 Å². The Balaban J connectivity index is 3.06. The second-order valence-corrected chi connectivity index (χ2v) is 7.99. The highest BCUT2D eigenvalue weighted by Crippen LogP contribution is 2.24. The van der Waals surface area contributed by atoms with E-state index in [4.69, 9.17) is 17.3 Å². The van der Waals surface area contributed by atoms with E-state index in [0.29, 0.717) is 18.1 Å². The molecule has 0 atom stereocenters. The molecule has 1 rings (SSSR count). The molecule has 0 saturated heterocycles. The van der Waals surface area contributed by atoms with Crippen LogP contribution in [0, 0.1) is 12.3 Å². The normalized spacial score (nSPS) is 13.0. The standard InChI is InChI=1S/C13H21ClN2O2S/c1-10-5-6-11(7-12(10)14)19(17,18)16(4)9-13(2,3)8-15/h5-7H,8-9,15H2,1-4H3. The van der Waals surface area contributed by atoms with E-state index in [2.05, 4.69) is 0 Å². The van der Waals surface area contributed by atoms with Crippen LogP contribution in [0.2, 0.25) is 5.02 Å². The van der Waals surface area contributed by atoms with E-state index in [1.54, 1.807) is 19.2 Å². The lowest BCUT2D eigenvalue weighted by Crippen LogP contribution is -2.39. The van der Waals surface area contributed by atoms with Gasteiger partial charge in [0.2, 0.25) is 10.0 Å². The average molecular weight is 305 g/mol. The second-order valence-electron chi connectivity index (χ2n) is 5.54. The molecular weight excluding hydrogens is 284 g/mol. The van der Waals surface area contributed by atoms with Gasteiger partial charge in [0.15, 0.2) is 0 Å². The summed E-state index contributed by atoms with van der Waals surface area (Å²) < 4.78 is 26.2. The van der Waals surface area contributed by atoms with Crippen molar-refractivity contribution in [3.05, 3.63) is 28.8 Å². The Morgan fingerprint density at radius 2 is 1.95 bits per heavy atom. The van der Waals surface area contributed by atoms with Crippen molar-refractivity contribution in [3.8, 4) is 0 Å². The van der Waals surface area contributed by atoms with Gasteiger partial charge in [0, 0.05) is 18.6 Å². The summed E-state index contributed by atoms with van der Waals surface area (Å²) in [5, 5.41) is 0.451. The summed E-state index contributed by atoms with van der Waals surface area (Å²) in [5.74, 6) is 0. The maximum atomic E-state index is 12.4. The van der Waals surface area contributed by atoms with Gasteiger partial charge in [-0.25, -0.2) is 12.7 Å². The molecule has 6 heteroatoms. The van der Waals surface area contributed by atoms with Crippen LogP contribution in [0.25, 0.3) is 0 Å². The highest BCUT2D eigenvalue weighted by Gasteiger charge is 2.27. The molecule has 0 aromatic heterocycles. The molecule has 0 radical (unpaired) electrons. The van der Waals surface area contributed by atoms with E-state index in [0.717, 1.165) is 5.56 Å². The molecule has 2 N–H and O–H groups in total. The maximum absolute atomic E-state index is 12.4. The zero-order chi connectivity index (χ0) is 14.8. The predicted molar refractivity (Wildman–Crippen MR) is 78.8 cm³/mol. The summed E-state index contributed by atoms with van der Waals surface area (Å²) in [6.07, 6.45) is 0. The average Bonchev–Trinajstić information content (AvgIpc) is 2.32. The van der Waals surface area contributed by atoms with Crippen LogP contribution < -0.4 is 5.73 Å². The van der Waals surface area contributed by atoms with Crippen LogP contribution in [-0.2, 0) is 10.0 Å². The van der Waals surface area contributed by atoms with E-state index < -0.39 is 10.0 Å². The van der Waals surface area contributed by atoms with E-state index >= 15 is 0 Å². The molecule has 0 bridgehead atoms. The largest absolute Gasteiger partial charge is 0.330 e. The van der Waals surface area contributed by atoms with Crippen molar-refractivity contribution >= 4 is 21.6 Å². The Morgan fingerprint density at radius 3 is 2.42 bits per heavy atom. The monoisotopic (exact) mass is 304 g/mol. The summed E-state index contributed by atoms with van der Waals surface area (Å²) in [4.78, 5) is 0.207. The van der Waals surface area contributed by atoms with Crippen molar-refractivity contribution in [2.45, 2.75) is 25.7 Å². The topological polar surface area (TPSA) is 63.4 Å². The Kier molecular flexibility index (Phi) is 5.01. The Labute approximate surface area is 120 Å². The van der Waals surface area contributed by atoms with Crippen molar-refractivity contribution in [2.75, 3.05) is 20.1 Å². The number of benzene rings is 1. The van der Waals surface area contributed by atoms with Gasteiger partial charge in [0.05, 0.1) is 4.90 Å². The lowest BCUT2D eigenvalue weighted by Gasteiger charge is -2.28. The first-order chi connectivity index (χ1) is 8.60. The molecule has 0 spiro atoms. The molecule has 0 saturated carbocycles. The van der Waals surface area contributed by atoms with E-state index in [-0.39, 0.29) is 10.3 Å². The summed E-state index contributed by atoms with van der Waals surface area (Å²) in [6.45, 7) is 6.47. The SMILES string of the molecule is Cc1ccc(S(=O)(=O)N(C)CC(C)(C)CN)cc1Cl. The maximum Gasteiger partial charge on any atom is 0.242 e. The smallest absolute Gasteiger partial charge is 0.242 e. The number of hydrogen-bond donors (Lipinski definition) is 1. The number of aryl methyl sites for hydroxylation is 1. The first kappa shape index (κ1) is 16.4. The third-order valence-corrected chi connectivity index (χ3v) is 5.26. The highest BCUT2D eigenvalue weighted by atomic mass is 35.5. The molecule has 0 aliphatic carbocycles. The van der Waals surface area contributed by atoms with Crippen molar-refractivity contribution in [1.29, 1.82) is 0 Å². The Morgan fingerprint density at radius 1 is 1.37 bits per heavy atom. The minimum Gasteiger partial charge on any atom is -0.330 e. The van der Waals surface area contributed by atoms with Crippen LogP contribution in [0.4, 0.5) is 0 Å². The van der Waals surface area contributed by atoms with Crippen LogP contribution in [0.1, 0.15) is 19.4 Å². The van der Waals surface area contributed by atoms with Gasteiger partial charge in [-0.15, -0.1) is 0 Å². The number of sulfonamides is 1. The van der Waals surface area contributed by atoms with Gasteiger partial charge in [-0.1, -0.05) is 31.5 Å². The molecule has 0 fully saturated rings. The number of nitrogens with two attached hydrogens (primary N) is 1. The van der Waals surface area contributed by atoms with Gasteiger partial charge in [0.25, 0.3) is 0 Å². The third kappa shape index (κ3) is 3.92. The number of hydrogen-bond acceptors (Lipinski definition) is 3. The van der Waals surface area contributed by atoms with Gasteiger partial charge in [-0.2, -0.15) is 0 Å². The van der Waals surface area contributed by atoms with Crippen LogP contribution in [-0.4, -0.2) is 32.9 Å². The van der Waals surface area contributed by atoms with Gasteiger partial charge in [0.1, 0.15) is 0 Å². The zero-order valence-electron chi connectivity index (χ0n) is 11.8. The first-order valence-corrected chi connectivity index (χ1v) is 7.84. The van der Waals surface area contributed by atoms with Gasteiger partial charge >= 0.3 is 0 Å². The lowest BCUT2D eigenvalue weighted by molar-refractivity contribution is 0.292. The van der Waals surface area contributed by atoms with Crippen LogP contribution in [0.15, 0.2) is 23.1 Å². The summed E-state index contributed by atoms with van der Waals surface area (Å²) in [6, 6.07) is 4.76. The minimum atomic E-state index is -3.53. The zero-order valence-corrected chi connectivity index (χ0v) is 13.3. The van der Waals surface area contributed by atoms with Crippen molar-refractivity contribution in [2.24, 2.45) is 11.1 Å². The van der Waals surface area contributed by atoms with E-state index in [1.165, 1.54) is 10.4 Å². The van der Waals surface area contributed by atoms with Crippen molar-refractivity contribution < 1.29 is 8.42 Å². The number of halogens is 1. The highest BCUT2D eigenvalue weighted by molar-refractivity contribution is 7.89. The molecule has 0 aliphatic rings. The molecule has 0 unspecified atom stereocenters. The fourth-order valence-corrected chi connectivity index (χ4v) is 3.30. The van der Waals surface area contributed by atoms with Gasteiger partial charge < -0.3 is 5.73 Å². The fourth-order valence-electron chi connectivity index (χ4n) is 1.67. The molecule has 0 amide bonds. The third-order valence-electron chi connectivity index (χ3n) is 3.05. The minimum absolute atomic E-state index is 0.207. The summed E-state index contributed by atoms with van der Waals surface area (Å²) >= 11 is 5.98.